The van der Waals surface area contributed by atoms with Crippen molar-refractivity contribution < 1.29 is 29.4 Å². The van der Waals surface area contributed by atoms with Gasteiger partial charge < -0.3 is 25.7 Å². The van der Waals surface area contributed by atoms with Gasteiger partial charge in [0.25, 0.3) is 5.91 Å². The number of carbonyl (C=O) groups excluding carboxylic acids is 2. The number of oxime groups is 1. The molecule has 4 N–H and O–H groups in total. The van der Waals surface area contributed by atoms with Gasteiger partial charge in [-0.3, -0.25) is 9.59 Å². The number of carbonyl (C=O) groups is 3. The van der Waals surface area contributed by atoms with Crippen molar-refractivity contribution in [1.29, 1.82) is 0 Å². The topological polar surface area (TPSA) is 150 Å². The Bertz CT molecular complexity index is 917. The zero-order valence-corrected chi connectivity index (χ0v) is 15.4. The highest BCUT2D eigenvalue weighted by Crippen LogP contribution is 2.34. The average Bonchev–Trinajstić information content (AvgIpc) is 3.04. The Kier molecular flexibility index (Phi) is 6.93. The summed E-state index contributed by atoms with van der Waals surface area (Å²) in [5, 5.41) is 28.5. The molecule has 0 radical (unpaired) electrons. The maximum Gasteiger partial charge on any atom is 0.360 e. The molecule has 1 aromatic carbocycles. The van der Waals surface area contributed by atoms with Gasteiger partial charge in [0.2, 0.25) is 12.1 Å². The van der Waals surface area contributed by atoms with E-state index in [1.807, 2.05) is 0 Å². The lowest BCUT2D eigenvalue weighted by atomic mass is 10.3. The summed E-state index contributed by atoms with van der Waals surface area (Å²) < 4.78 is 0. The summed E-state index contributed by atoms with van der Waals surface area (Å²) in [7, 11) is 0. The number of benzene rings is 1. The van der Waals surface area contributed by atoms with E-state index in [-0.39, 0.29) is 32.3 Å². The Labute approximate surface area is 165 Å². The van der Waals surface area contributed by atoms with Gasteiger partial charge in [-0.1, -0.05) is 28.4 Å². The summed E-state index contributed by atoms with van der Waals surface area (Å²) in [6.07, 6.45) is 0.387. The number of phenols is 1. The molecule has 142 valence electrons. The molecular formula is C14H10Cl2N4O6S. The summed E-state index contributed by atoms with van der Waals surface area (Å²) in [6, 6.07) is 2.55. The Morgan fingerprint density at radius 3 is 2.78 bits per heavy atom. The van der Waals surface area contributed by atoms with E-state index in [9.17, 15) is 19.5 Å². The number of phenolic OH excluding ortho intramolecular Hbond substituents is 1. The smallest absolute Gasteiger partial charge is 0.360 e. The minimum absolute atomic E-state index is 0.0485. The average molecular weight is 433 g/mol. The predicted octanol–water partition coefficient (Wildman–Crippen LogP) is 2.17. The van der Waals surface area contributed by atoms with E-state index in [1.54, 1.807) is 0 Å². The molecule has 0 saturated heterocycles. The van der Waals surface area contributed by atoms with Crippen molar-refractivity contribution in [3.05, 3.63) is 33.3 Å². The third kappa shape index (κ3) is 5.54. The lowest BCUT2D eigenvalue weighted by molar-refractivity contribution is -0.130. The first-order valence-electron chi connectivity index (χ1n) is 6.89. The molecule has 0 saturated carbocycles. The second-order valence-electron chi connectivity index (χ2n) is 4.65. The van der Waals surface area contributed by atoms with Gasteiger partial charge >= 0.3 is 5.97 Å². The summed E-state index contributed by atoms with van der Waals surface area (Å²) in [5.41, 5.74) is -0.671. The highest BCUT2D eigenvalue weighted by atomic mass is 35.5. The molecule has 10 nitrogen and oxygen atoms in total. The highest BCUT2D eigenvalue weighted by molar-refractivity contribution is 7.14. The van der Waals surface area contributed by atoms with Crippen LogP contribution in [0.25, 0.3) is 0 Å². The second-order valence-corrected chi connectivity index (χ2v) is 6.35. The van der Waals surface area contributed by atoms with E-state index in [0.717, 1.165) is 11.3 Å². The maximum absolute atomic E-state index is 11.9. The number of aromatic hydroxyl groups is 1. The zero-order chi connectivity index (χ0) is 20.0. The van der Waals surface area contributed by atoms with Crippen LogP contribution in [0.15, 0.2) is 22.7 Å². The monoisotopic (exact) mass is 432 g/mol. The highest BCUT2D eigenvalue weighted by Gasteiger charge is 2.18. The lowest BCUT2D eigenvalue weighted by Gasteiger charge is -2.08. The van der Waals surface area contributed by atoms with Crippen LogP contribution in [0.1, 0.15) is 5.69 Å². The van der Waals surface area contributed by atoms with Crippen LogP contribution in [-0.4, -0.2) is 45.8 Å². The van der Waals surface area contributed by atoms with Crippen molar-refractivity contribution in [2.75, 3.05) is 17.2 Å². The van der Waals surface area contributed by atoms with Crippen molar-refractivity contribution in [2.24, 2.45) is 5.16 Å². The number of hydrogen-bond acceptors (Lipinski definition) is 8. The molecule has 0 unspecified atom stereocenters. The van der Waals surface area contributed by atoms with Crippen molar-refractivity contribution in [3.8, 4) is 5.75 Å². The van der Waals surface area contributed by atoms with E-state index >= 15 is 0 Å². The number of rotatable bonds is 8. The largest absolute Gasteiger partial charge is 0.504 e. The second kappa shape index (κ2) is 9.16. The van der Waals surface area contributed by atoms with Crippen LogP contribution in [-0.2, 0) is 19.2 Å². The van der Waals surface area contributed by atoms with Crippen LogP contribution in [0.3, 0.4) is 0 Å². The molecule has 1 heterocycles. The van der Waals surface area contributed by atoms with Crippen LogP contribution >= 0.6 is 34.5 Å². The standard InChI is InChI=1S/C14H10Cl2N4O6S/c15-6-1-7(16)12(23)8(2-6)18-10(22)3-26-20-11(13(24)25)9-4-27-14(19-9)17-5-21/h1-2,4-5,23H,3H2,(H,18,22)(H,24,25)(H,17,19,21)/b20-11-. The van der Waals surface area contributed by atoms with Crippen LogP contribution in [0, 0.1) is 0 Å². The van der Waals surface area contributed by atoms with Gasteiger partial charge in [-0.05, 0) is 12.1 Å². The van der Waals surface area contributed by atoms with Gasteiger partial charge in [0, 0.05) is 10.4 Å². The minimum atomic E-state index is -1.45. The van der Waals surface area contributed by atoms with Gasteiger partial charge in [-0.15, -0.1) is 11.3 Å². The Balaban J connectivity index is 2.03. The van der Waals surface area contributed by atoms with Crippen molar-refractivity contribution in [2.45, 2.75) is 0 Å². The number of thiazole rings is 1. The van der Waals surface area contributed by atoms with Gasteiger partial charge in [-0.25, -0.2) is 9.78 Å². The van der Waals surface area contributed by atoms with Gasteiger partial charge in [0.1, 0.15) is 5.69 Å². The molecule has 0 atom stereocenters. The molecule has 1 aromatic heterocycles. The van der Waals surface area contributed by atoms with E-state index in [0.29, 0.717) is 6.41 Å². The molecule has 27 heavy (non-hydrogen) atoms. The third-order valence-electron chi connectivity index (χ3n) is 2.79. The van der Waals surface area contributed by atoms with E-state index < -0.39 is 24.2 Å². The molecule has 0 bridgehead atoms. The fraction of sp³-hybridized carbons (Fsp3) is 0.0714. The van der Waals surface area contributed by atoms with Gasteiger partial charge in [0.15, 0.2) is 17.5 Å². The first-order valence-corrected chi connectivity index (χ1v) is 8.52. The van der Waals surface area contributed by atoms with Crippen molar-refractivity contribution >= 4 is 69.4 Å². The molecule has 13 heteroatoms. The summed E-state index contributed by atoms with van der Waals surface area (Å²) >= 11 is 12.5. The Morgan fingerprint density at radius 1 is 1.37 bits per heavy atom. The normalized spacial score (nSPS) is 11.0. The SMILES string of the molecule is O=CNc1nc(/C(=N/OCC(=O)Nc2cc(Cl)cc(Cl)c2O)C(=O)O)cs1. The molecule has 0 aliphatic carbocycles. The Hall–Kier alpha value is -2.89. The number of aliphatic carboxylic acids is 1. The van der Waals surface area contributed by atoms with Gasteiger partial charge in [-0.2, -0.15) is 0 Å². The molecular weight excluding hydrogens is 423 g/mol. The number of halogens is 2. The van der Waals surface area contributed by atoms with Crippen LogP contribution in [0.2, 0.25) is 10.0 Å². The number of hydrogen-bond donors (Lipinski definition) is 4. The minimum Gasteiger partial charge on any atom is -0.504 e. The van der Waals surface area contributed by atoms with Crippen molar-refractivity contribution in [3.63, 3.8) is 0 Å². The Morgan fingerprint density at radius 2 is 2.11 bits per heavy atom. The number of amides is 2. The fourth-order valence-electron chi connectivity index (χ4n) is 1.70. The molecule has 2 aromatic rings. The van der Waals surface area contributed by atoms with Gasteiger partial charge in [0.05, 0.1) is 10.7 Å². The van der Waals surface area contributed by atoms with E-state index in [2.05, 4.69) is 20.8 Å². The first-order chi connectivity index (χ1) is 12.8. The third-order valence-corrected chi connectivity index (χ3v) is 4.07. The molecule has 2 amide bonds. The number of nitrogens with zero attached hydrogens (tertiary/aromatic N) is 2. The van der Waals surface area contributed by atoms with Crippen LogP contribution in [0.4, 0.5) is 10.8 Å². The van der Waals surface area contributed by atoms with E-state index in [1.165, 1.54) is 17.5 Å². The summed E-state index contributed by atoms with van der Waals surface area (Å²) in [4.78, 5) is 42.0. The maximum atomic E-state index is 11.9. The first kappa shape index (κ1) is 20.4. The zero-order valence-electron chi connectivity index (χ0n) is 13.1. The van der Waals surface area contributed by atoms with Crippen LogP contribution in [0.5, 0.6) is 5.75 Å². The van der Waals surface area contributed by atoms with Crippen LogP contribution < -0.4 is 10.6 Å². The predicted molar refractivity (Wildman–Crippen MR) is 98.7 cm³/mol. The number of nitrogens with one attached hydrogen (secondary N) is 2. The quantitative estimate of drug-likeness (QED) is 0.216. The lowest BCUT2D eigenvalue weighted by Crippen LogP contribution is -2.20. The number of anilines is 2. The number of carboxylic acids is 1. The molecule has 0 aliphatic heterocycles. The number of aromatic nitrogens is 1. The molecule has 0 aliphatic rings. The number of carboxylic acid groups (broad SMARTS) is 1. The molecule has 0 fully saturated rings. The summed E-state index contributed by atoms with van der Waals surface area (Å²) in [5.74, 6) is -2.59. The van der Waals surface area contributed by atoms with Crippen molar-refractivity contribution in [1.82, 2.24) is 4.98 Å². The van der Waals surface area contributed by atoms with E-state index in [4.69, 9.17) is 33.1 Å². The fourth-order valence-corrected chi connectivity index (χ4v) is 2.85. The summed E-state index contributed by atoms with van der Waals surface area (Å²) in [6.45, 7) is -0.663. The molecule has 0 spiro atoms. The molecule has 2 rings (SSSR count).